The van der Waals surface area contributed by atoms with E-state index in [4.69, 9.17) is 0 Å². The number of carbonyl (C=O) groups is 1. The highest BCUT2D eigenvalue weighted by molar-refractivity contribution is 7.07. The molecule has 3 aromatic heterocycles. The highest BCUT2D eigenvalue weighted by atomic mass is 32.1. The molecule has 0 aliphatic carbocycles. The molecule has 1 aliphatic rings. The van der Waals surface area contributed by atoms with Crippen LogP contribution in [0.25, 0.3) is 5.65 Å². The average molecular weight is 341 g/mol. The van der Waals surface area contributed by atoms with Crippen molar-refractivity contribution in [3.8, 4) is 0 Å². The molecule has 0 radical (unpaired) electrons. The number of carbonyl (C=O) groups excluding carboxylic acids is 1. The Morgan fingerprint density at radius 1 is 1.21 bits per heavy atom. The van der Waals surface area contributed by atoms with Gasteiger partial charge in [-0.2, -0.15) is 0 Å². The molecule has 1 amide bonds. The minimum Gasteiger partial charge on any atom is -0.336 e. The van der Waals surface area contributed by atoms with Gasteiger partial charge >= 0.3 is 0 Å². The lowest BCUT2D eigenvalue weighted by Gasteiger charge is -2.20. The van der Waals surface area contributed by atoms with Crippen molar-refractivity contribution < 1.29 is 4.79 Å². The first-order chi connectivity index (χ1) is 11.8. The van der Waals surface area contributed by atoms with E-state index in [1.165, 1.54) is 0 Å². The van der Waals surface area contributed by atoms with Gasteiger partial charge in [0.1, 0.15) is 11.3 Å². The minimum atomic E-state index is 0.0224. The zero-order valence-corrected chi connectivity index (χ0v) is 14.2. The van der Waals surface area contributed by atoms with Crippen molar-refractivity contribution in [3.05, 3.63) is 52.9 Å². The van der Waals surface area contributed by atoms with Crippen molar-refractivity contribution in [2.45, 2.75) is 13.0 Å². The van der Waals surface area contributed by atoms with E-state index < -0.39 is 0 Å². The molecule has 6 nitrogen and oxygen atoms in total. The van der Waals surface area contributed by atoms with Crippen LogP contribution in [0.15, 0.2) is 41.5 Å². The topological polar surface area (TPSA) is 53.7 Å². The molecule has 0 spiro atoms. The molecule has 0 unspecified atom stereocenters. The van der Waals surface area contributed by atoms with Gasteiger partial charge in [0.15, 0.2) is 0 Å². The molecule has 1 aliphatic heterocycles. The monoisotopic (exact) mass is 341 g/mol. The maximum atomic E-state index is 12.8. The number of imidazole rings is 1. The highest BCUT2D eigenvalue weighted by Crippen LogP contribution is 2.12. The van der Waals surface area contributed by atoms with Crippen LogP contribution in [-0.2, 0) is 6.54 Å². The van der Waals surface area contributed by atoms with Crippen LogP contribution in [0, 0.1) is 0 Å². The molecule has 1 saturated heterocycles. The van der Waals surface area contributed by atoms with Gasteiger partial charge in [0.2, 0.25) is 0 Å². The molecule has 24 heavy (non-hydrogen) atoms. The molecule has 1 fully saturated rings. The average Bonchev–Trinajstić information content (AvgIpc) is 3.20. The predicted octanol–water partition coefficient (Wildman–Crippen LogP) is 2.14. The number of pyridine rings is 1. The third kappa shape index (κ3) is 3.18. The van der Waals surface area contributed by atoms with Gasteiger partial charge < -0.3 is 9.30 Å². The molecule has 0 aromatic carbocycles. The summed E-state index contributed by atoms with van der Waals surface area (Å²) in [7, 11) is 0. The van der Waals surface area contributed by atoms with Crippen LogP contribution in [-0.4, -0.2) is 56.3 Å². The number of thiazole rings is 1. The van der Waals surface area contributed by atoms with Crippen molar-refractivity contribution in [3.63, 3.8) is 0 Å². The molecule has 4 rings (SSSR count). The van der Waals surface area contributed by atoms with Crippen molar-refractivity contribution in [1.82, 2.24) is 24.2 Å². The van der Waals surface area contributed by atoms with E-state index in [0.29, 0.717) is 5.69 Å². The zero-order valence-electron chi connectivity index (χ0n) is 13.3. The van der Waals surface area contributed by atoms with Crippen LogP contribution >= 0.6 is 11.3 Å². The van der Waals surface area contributed by atoms with Crippen LogP contribution in [0.5, 0.6) is 0 Å². The van der Waals surface area contributed by atoms with E-state index >= 15 is 0 Å². The predicted molar refractivity (Wildman–Crippen MR) is 93.1 cm³/mol. The van der Waals surface area contributed by atoms with Gasteiger partial charge in [0.25, 0.3) is 5.91 Å². The molecule has 3 aromatic rings. The van der Waals surface area contributed by atoms with Gasteiger partial charge in [0, 0.05) is 50.5 Å². The van der Waals surface area contributed by atoms with E-state index in [-0.39, 0.29) is 5.91 Å². The summed E-state index contributed by atoms with van der Waals surface area (Å²) < 4.78 is 1.89. The molecule has 0 atom stereocenters. The number of hydrogen-bond donors (Lipinski definition) is 0. The molecule has 0 bridgehead atoms. The molecular formula is C17H19N5OS. The highest BCUT2D eigenvalue weighted by Gasteiger charge is 2.22. The Morgan fingerprint density at radius 3 is 3.00 bits per heavy atom. The van der Waals surface area contributed by atoms with Gasteiger partial charge in [0.05, 0.1) is 11.2 Å². The fourth-order valence-corrected chi connectivity index (χ4v) is 3.63. The van der Waals surface area contributed by atoms with E-state index in [2.05, 4.69) is 20.2 Å². The number of fused-ring (bicyclic) bond motifs is 1. The largest absolute Gasteiger partial charge is 0.336 e. The van der Waals surface area contributed by atoms with Crippen molar-refractivity contribution in [1.29, 1.82) is 0 Å². The summed E-state index contributed by atoms with van der Waals surface area (Å²) in [5, 5.41) is 2.09. The molecule has 124 valence electrons. The number of nitrogens with zero attached hydrogens (tertiary/aromatic N) is 5. The Hall–Kier alpha value is -2.25. The first-order valence-electron chi connectivity index (χ1n) is 8.12. The fourth-order valence-electron chi connectivity index (χ4n) is 3.08. The lowest BCUT2D eigenvalue weighted by molar-refractivity contribution is 0.0756. The summed E-state index contributed by atoms with van der Waals surface area (Å²) in [5.74, 6) is 0.0224. The van der Waals surface area contributed by atoms with Gasteiger partial charge in [-0.25, -0.2) is 9.97 Å². The van der Waals surface area contributed by atoms with Crippen LogP contribution < -0.4 is 0 Å². The van der Waals surface area contributed by atoms with Crippen molar-refractivity contribution >= 4 is 22.9 Å². The zero-order chi connectivity index (χ0) is 16.4. The maximum absolute atomic E-state index is 12.8. The second-order valence-corrected chi connectivity index (χ2v) is 6.71. The molecule has 7 heteroatoms. The smallest absolute Gasteiger partial charge is 0.274 e. The maximum Gasteiger partial charge on any atom is 0.274 e. The minimum absolute atomic E-state index is 0.0224. The Balaban J connectivity index is 1.43. The third-order valence-corrected chi connectivity index (χ3v) is 4.96. The summed E-state index contributed by atoms with van der Waals surface area (Å²) in [5.41, 5.74) is 4.31. The van der Waals surface area contributed by atoms with Crippen LogP contribution in [0.4, 0.5) is 0 Å². The lowest BCUT2D eigenvalue weighted by Crippen LogP contribution is -2.35. The Morgan fingerprint density at radius 2 is 2.17 bits per heavy atom. The Bertz CT molecular complexity index is 796. The summed E-state index contributed by atoms with van der Waals surface area (Å²) in [4.78, 5) is 25.9. The summed E-state index contributed by atoms with van der Waals surface area (Å²) in [6.45, 7) is 4.24. The second-order valence-electron chi connectivity index (χ2n) is 5.99. The van der Waals surface area contributed by atoms with Gasteiger partial charge in [-0.15, -0.1) is 11.3 Å². The molecule has 4 heterocycles. The molecule has 0 saturated carbocycles. The first kappa shape index (κ1) is 15.3. The quantitative estimate of drug-likeness (QED) is 0.732. The lowest BCUT2D eigenvalue weighted by atomic mass is 10.3. The Labute approximate surface area is 144 Å². The second kappa shape index (κ2) is 6.70. The number of rotatable bonds is 3. The van der Waals surface area contributed by atoms with Crippen molar-refractivity contribution in [2.24, 2.45) is 0 Å². The summed E-state index contributed by atoms with van der Waals surface area (Å²) in [6, 6.07) is 5.78. The Kier molecular flexibility index (Phi) is 4.27. The number of hydrogen-bond acceptors (Lipinski definition) is 5. The van der Waals surface area contributed by atoms with Gasteiger partial charge in [-0.3, -0.25) is 9.69 Å². The van der Waals surface area contributed by atoms with Crippen molar-refractivity contribution in [2.75, 3.05) is 26.2 Å². The summed E-state index contributed by atoms with van der Waals surface area (Å²) >= 11 is 1.63. The van der Waals surface area contributed by atoms with E-state index in [1.807, 2.05) is 45.4 Å². The third-order valence-electron chi connectivity index (χ3n) is 4.33. The number of amides is 1. The van der Waals surface area contributed by atoms with Crippen LogP contribution in [0.2, 0.25) is 0 Å². The SMILES string of the molecule is O=C(c1cn2ccccc2n1)N1CCCN(Cc2cscn2)CC1. The van der Waals surface area contributed by atoms with E-state index in [9.17, 15) is 4.79 Å². The fraction of sp³-hybridized carbons (Fsp3) is 0.353. The normalized spacial score (nSPS) is 16.4. The summed E-state index contributed by atoms with van der Waals surface area (Å²) in [6.07, 6.45) is 4.70. The van der Waals surface area contributed by atoms with E-state index in [0.717, 1.165) is 50.5 Å². The van der Waals surface area contributed by atoms with Crippen LogP contribution in [0.1, 0.15) is 22.6 Å². The first-order valence-corrected chi connectivity index (χ1v) is 9.06. The van der Waals surface area contributed by atoms with Gasteiger partial charge in [-0.05, 0) is 18.6 Å². The van der Waals surface area contributed by atoms with Gasteiger partial charge in [-0.1, -0.05) is 6.07 Å². The van der Waals surface area contributed by atoms with Crippen LogP contribution in [0.3, 0.4) is 0 Å². The van der Waals surface area contributed by atoms with E-state index in [1.54, 1.807) is 11.3 Å². The number of aromatic nitrogens is 3. The molecular weight excluding hydrogens is 322 g/mol. The molecule has 0 N–H and O–H groups in total. The standard InChI is InChI=1S/C17H19N5OS/c23-17(15-11-22-6-2-1-4-16(22)19-15)21-7-3-5-20(8-9-21)10-14-12-24-13-18-14/h1-2,4,6,11-13H,3,5,7-10H2.